The average Bonchev–Trinajstić information content (AvgIpc) is 2.18. The predicted octanol–water partition coefficient (Wildman–Crippen LogP) is 4.84. The molecule has 0 N–H and O–H groups in total. The first-order chi connectivity index (χ1) is 7.33. The zero-order chi connectivity index (χ0) is 12.3. The lowest BCUT2D eigenvalue weighted by Crippen LogP contribution is -2.07. The quantitative estimate of drug-likeness (QED) is 0.680. The van der Waals surface area contributed by atoms with Crippen LogP contribution >= 0.6 is 0 Å². The van der Waals surface area contributed by atoms with Crippen molar-refractivity contribution in [1.82, 2.24) is 0 Å². The second-order valence-electron chi connectivity index (χ2n) is 6.11. The van der Waals surface area contributed by atoms with Crippen molar-refractivity contribution in [2.45, 2.75) is 60.8 Å². The largest absolute Gasteiger partial charge is 0.0613 e. The molecule has 0 fully saturated rings. The molecule has 0 aliphatic carbocycles. The molecule has 0 saturated carbocycles. The predicted molar refractivity (Wildman–Crippen MR) is 73.1 cm³/mol. The van der Waals surface area contributed by atoms with Gasteiger partial charge >= 0.3 is 0 Å². The lowest BCUT2D eigenvalue weighted by atomic mass is 9.86. The summed E-state index contributed by atoms with van der Waals surface area (Å²) in [5.41, 5.74) is 6.39. The molecule has 16 heavy (non-hydrogen) atoms. The molecule has 0 amide bonds. The molecule has 0 atom stereocenters. The van der Waals surface area contributed by atoms with Gasteiger partial charge in [-0.15, -0.1) is 0 Å². The highest BCUT2D eigenvalue weighted by Crippen LogP contribution is 2.24. The maximum atomic E-state index is 2.40. The van der Waals surface area contributed by atoms with Crippen LogP contribution in [0.4, 0.5) is 0 Å². The third kappa shape index (κ3) is 3.66. The second-order valence-corrected chi connectivity index (χ2v) is 6.11. The molecule has 0 bridgehead atoms. The third-order valence-corrected chi connectivity index (χ3v) is 3.39. The van der Waals surface area contributed by atoms with E-state index in [2.05, 4.69) is 53.7 Å². The lowest BCUT2D eigenvalue weighted by Gasteiger charge is -2.19. The Morgan fingerprint density at radius 3 is 2.19 bits per heavy atom. The molecular weight excluding hydrogens is 192 g/mol. The third-order valence-electron chi connectivity index (χ3n) is 3.39. The Bertz CT molecular complexity index is 353. The van der Waals surface area contributed by atoms with Gasteiger partial charge in [-0.2, -0.15) is 0 Å². The van der Waals surface area contributed by atoms with Crippen LogP contribution in [0, 0.1) is 19.3 Å². The van der Waals surface area contributed by atoms with Crippen LogP contribution in [0.5, 0.6) is 0 Å². The average molecular weight is 218 g/mol. The van der Waals surface area contributed by atoms with Crippen molar-refractivity contribution in [2.75, 3.05) is 0 Å². The minimum atomic E-state index is 0.433. The molecule has 90 valence electrons. The van der Waals surface area contributed by atoms with Crippen LogP contribution in [-0.2, 0) is 12.8 Å². The van der Waals surface area contributed by atoms with Gasteiger partial charge in [0.1, 0.15) is 0 Å². The Kier molecular flexibility index (Phi) is 4.18. The molecule has 1 rings (SSSR count). The van der Waals surface area contributed by atoms with Crippen LogP contribution in [0.2, 0.25) is 0 Å². The summed E-state index contributed by atoms with van der Waals surface area (Å²) in [5.74, 6) is 0. The molecular formula is C16H26. The van der Waals surface area contributed by atoms with Crippen LogP contribution < -0.4 is 0 Å². The highest BCUT2D eigenvalue weighted by molar-refractivity contribution is 5.37. The molecule has 0 spiro atoms. The Hall–Kier alpha value is -0.780. The summed E-state index contributed by atoms with van der Waals surface area (Å²) in [6.07, 6.45) is 3.62. The number of benzene rings is 1. The van der Waals surface area contributed by atoms with Crippen molar-refractivity contribution in [3.63, 3.8) is 0 Å². The number of rotatable bonds is 3. The summed E-state index contributed by atoms with van der Waals surface area (Å²) in [4.78, 5) is 0. The van der Waals surface area contributed by atoms with Crippen LogP contribution in [0.1, 0.15) is 56.4 Å². The fourth-order valence-corrected chi connectivity index (χ4v) is 1.99. The highest BCUT2D eigenvalue weighted by Gasteiger charge is 2.12. The molecule has 0 heteroatoms. The van der Waals surface area contributed by atoms with Crippen LogP contribution in [-0.4, -0.2) is 0 Å². The summed E-state index contributed by atoms with van der Waals surface area (Å²) in [7, 11) is 0. The van der Waals surface area contributed by atoms with Crippen molar-refractivity contribution < 1.29 is 0 Å². The zero-order valence-electron chi connectivity index (χ0n) is 11.8. The van der Waals surface area contributed by atoms with E-state index in [0.29, 0.717) is 5.41 Å². The molecule has 0 heterocycles. The topological polar surface area (TPSA) is 0 Å². The van der Waals surface area contributed by atoms with E-state index in [0.717, 1.165) is 6.42 Å². The van der Waals surface area contributed by atoms with E-state index in [1.807, 2.05) is 0 Å². The minimum absolute atomic E-state index is 0.433. The van der Waals surface area contributed by atoms with Gasteiger partial charge in [-0.05, 0) is 60.8 Å². The summed E-state index contributed by atoms with van der Waals surface area (Å²) >= 11 is 0. The number of hydrogen-bond donors (Lipinski definition) is 0. The highest BCUT2D eigenvalue weighted by atomic mass is 14.2. The Balaban J connectivity index is 2.90. The van der Waals surface area contributed by atoms with Gasteiger partial charge in [0.15, 0.2) is 0 Å². The molecule has 1 aromatic rings. The van der Waals surface area contributed by atoms with Gasteiger partial charge in [-0.3, -0.25) is 0 Å². The summed E-state index contributed by atoms with van der Waals surface area (Å²) < 4.78 is 0. The fraction of sp³-hybridized carbons (Fsp3) is 0.625. The number of aryl methyl sites for hydroxylation is 3. The maximum absolute atomic E-state index is 2.40. The zero-order valence-corrected chi connectivity index (χ0v) is 11.8. The SMILES string of the molecule is CCc1cc(C)c(C)c(CCC(C)(C)C)c1. The standard InChI is InChI=1S/C16H26/c1-7-14-10-12(2)13(3)15(11-14)8-9-16(4,5)6/h10-11H,7-9H2,1-6H3. The first kappa shape index (κ1) is 13.3. The van der Waals surface area contributed by atoms with Gasteiger partial charge in [-0.25, -0.2) is 0 Å². The van der Waals surface area contributed by atoms with Crippen molar-refractivity contribution in [1.29, 1.82) is 0 Å². The lowest BCUT2D eigenvalue weighted by molar-refractivity contribution is 0.378. The van der Waals surface area contributed by atoms with E-state index in [1.165, 1.54) is 29.5 Å². The van der Waals surface area contributed by atoms with Crippen molar-refractivity contribution >= 4 is 0 Å². The van der Waals surface area contributed by atoms with E-state index in [-0.39, 0.29) is 0 Å². The van der Waals surface area contributed by atoms with Gasteiger partial charge < -0.3 is 0 Å². The first-order valence-corrected chi connectivity index (χ1v) is 6.42. The molecule has 0 aliphatic heterocycles. The normalized spacial score (nSPS) is 11.9. The van der Waals surface area contributed by atoms with Crippen LogP contribution in [0.25, 0.3) is 0 Å². The van der Waals surface area contributed by atoms with Gasteiger partial charge in [0.25, 0.3) is 0 Å². The van der Waals surface area contributed by atoms with Gasteiger partial charge in [0.2, 0.25) is 0 Å². The second kappa shape index (κ2) is 5.03. The Labute approximate surface area is 101 Å². The van der Waals surface area contributed by atoms with Gasteiger partial charge in [-0.1, -0.05) is 39.8 Å². The molecule has 1 aromatic carbocycles. The molecule has 0 saturated heterocycles. The van der Waals surface area contributed by atoms with Crippen molar-refractivity contribution in [2.24, 2.45) is 5.41 Å². The maximum Gasteiger partial charge on any atom is -0.0271 e. The fourth-order valence-electron chi connectivity index (χ4n) is 1.99. The molecule has 0 unspecified atom stereocenters. The Morgan fingerprint density at radius 1 is 1.06 bits per heavy atom. The van der Waals surface area contributed by atoms with Crippen molar-refractivity contribution in [3.05, 3.63) is 34.4 Å². The van der Waals surface area contributed by atoms with E-state index in [9.17, 15) is 0 Å². The monoisotopic (exact) mass is 218 g/mol. The van der Waals surface area contributed by atoms with E-state index < -0.39 is 0 Å². The summed E-state index contributed by atoms with van der Waals surface area (Å²) in [6, 6.07) is 4.73. The Morgan fingerprint density at radius 2 is 1.69 bits per heavy atom. The van der Waals surface area contributed by atoms with E-state index in [1.54, 1.807) is 5.56 Å². The van der Waals surface area contributed by atoms with E-state index >= 15 is 0 Å². The smallest absolute Gasteiger partial charge is 0.0271 e. The van der Waals surface area contributed by atoms with Crippen molar-refractivity contribution in [3.8, 4) is 0 Å². The molecule has 0 radical (unpaired) electrons. The summed E-state index contributed by atoms with van der Waals surface area (Å²) in [6.45, 7) is 13.7. The van der Waals surface area contributed by atoms with E-state index in [4.69, 9.17) is 0 Å². The first-order valence-electron chi connectivity index (χ1n) is 6.42. The number of hydrogen-bond acceptors (Lipinski definition) is 0. The van der Waals surface area contributed by atoms with Crippen LogP contribution in [0.3, 0.4) is 0 Å². The van der Waals surface area contributed by atoms with Crippen LogP contribution in [0.15, 0.2) is 12.1 Å². The van der Waals surface area contributed by atoms with Gasteiger partial charge in [0.05, 0.1) is 0 Å². The minimum Gasteiger partial charge on any atom is -0.0613 e. The molecule has 0 aliphatic rings. The summed E-state index contributed by atoms with van der Waals surface area (Å²) in [5, 5.41) is 0. The van der Waals surface area contributed by atoms with Gasteiger partial charge in [0, 0.05) is 0 Å². The molecule has 0 nitrogen and oxygen atoms in total. The molecule has 0 aromatic heterocycles.